The monoisotopic (exact) mass is 282 g/mol. The number of hydrogen-bond acceptors (Lipinski definition) is 2. The average Bonchev–Trinajstić information content (AvgIpc) is 2.93. The van der Waals surface area contributed by atoms with E-state index in [9.17, 15) is 9.18 Å². The van der Waals surface area contributed by atoms with Gasteiger partial charge in [-0.25, -0.2) is 4.39 Å². The van der Waals surface area contributed by atoms with E-state index in [1.165, 1.54) is 18.2 Å². The van der Waals surface area contributed by atoms with Crippen LogP contribution in [0.2, 0.25) is 5.02 Å². The van der Waals surface area contributed by atoms with Crippen molar-refractivity contribution in [2.45, 2.75) is 25.3 Å². The smallest absolute Gasteiger partial charge is 0.229 e. The summed E-state index contributed by atoms with van der Waals surface area (Å²) in [4.78, 5) is 12.3. The lowest BCUT2D eigenvalue weighted by molar-refractivity contribution is -0.121. The Morgan fingerprint density at radius 1 is 1.37 bits per heavy atom. The van der Waals surface area contributed by atoms with Crippen LogP contribution in [-0.4, -0.2) is 11.9 Å². The molecule has 2 aliphatic rings. The molecule has 0 aliphatic heterocycles. The number of amides is 1. The molecule has 2 aliphatic carbocycles. The van der Waals surface area contributed by atoms with Crippen LogP contribution in [0.3, 0.4) is 0 Å². The number of rotatable bonds is 2. The van der Waals surface area contributed by atoms with Gasteiger partial charge in [-0.1, -0.05) is 11.6 Å². The molecule has 2 bridgehead atoms. The maximum atomic E-state index is 13.0. The predicted octanol–water partition coefficient (Wildman–Crippen LogP) is 2.79. The Hall–Kier alpha value is -1.13. The summed E-state index contributed by atoms with van der Waals surface area (Å²) in [5.74, 6) is 0.219. The molecule has 3 nitrogen and oxygen atoms in total. The summed E-state index contributed by atoms with van der Waals surface area (Å²) in [5.41, 5.74) is 6.57. The molecule has 2 saturated carbocycles. The van der Waals surface area contributed by atoms with Gasteiger partial charge < -0.3 is 11.1 Å². The van der Waals surface area contributed by atoms with Crippen molar-refractivity contribution >= 4 is 23.2 Å². The van der Waals surface area contributed by atoms with E-state index in [0.717, 1.165) is 19.3 Å². The first-order chi connectivity index (χ1) is 9.06. The zero-order valence-corrected chi connectivity index (χ0v) is 11.2. The first kappa shape index (κ1) is 12.9. The summed E-state index contributed by atoms with van der Waals surface area (Å²) in [5, 5.41) is 2.99. The SMILES string of the molecule is NC1C2CCC(C2)C1C(=O)Nc1ccc(F)cc1Cl. The molecule has 4 unspecified atom stereocenters. The van der Waals surface area contributed by atoms with Gasteiger partial charge in [-0.15, -0.1) is 0 Å². The number of nitrogens with one attached hydrogen (secondary N) is 1. The van der Waals surface area contributed by atoms with Crippen molar-refractivity contribution in [2.24, 2.45) is 23.5 Å². The quantitative estimate of drug-likeness (QED) is 0.876. The third kappa shape index (κ3) is 2.23. The maximum Gasteiger partial charge on any atom is 0.229 e. The molecule has 4 atom stereocenters. The molecule has 0 saturated heterocycles. The zero-order valence-electron chi connectivity index (χ0n) is 10.4. The Balaban J connectivity index is 1.75. The molecular formula is C14H16ClFN2O. The molecule has 0 radical (unpaired) electrons. The van der Waals surface area contributed by atoms with Gasteiger partial charge in [-0.05, 0) is 49.3 Å². The van der Waals surface area contributed by atoms with Gasteiger partial charge in [0.2, 0.25) is 5.91 Å². The third-order valence-electron chi connectivity index (χ3n) is 4.47. The Morgan fingerprint density at radius 2 is 2.11 bits per heavy atom. The second-order valence-electron chi connectivity index (χ2n) is 5.55. The highest BCUT2D eigenvalue weighted by Gasteiger charge is 2.49. The maximum absolute atomic E-state index is 13.0. The molecule has 0 heterocycles. The van der Waals surface area contributed by atoms with Gasteiger partial charge in [0.05, 0.1) is 16.6 Å². The van der Waals surface area contributed by atoms with Crippen molar-refractivity contribution in [3.63, 3.8) is 0 Å². The Kier molecular flexibility index (Phi) is 3.23. The van der Waals surface area contributed by atoms with E-state index >= 15 is 0 Å². The third-order valence-corrected chi connectivity index (χ3v) is 4.79. The minimum atomic E-state index is -0.417. The number of nitrogens with two attached hydrogens (primary N) is 1. The molecule has 3 N–H and O–H groups in total. The molecule has 3 rings (SSSR count). The first-order valence-electron chi connectivity index (χ1n) is 6.58. The zero-order chi connectivity index (χ0) is 13.6. The molecule has 1 amide bonds. The van der Waals surface area contributed by atoms with Gasteiger partial charge >= 0.3 is 0 Å². The standard InChI is InChI=1S/C14H16ClFN2O/c15-10-6-9(16)3-4-11(10)18-14(19)12-7-1-2-8(5-7)13(12)17/h3-4,6-8,12-13H,1-2,5,17H2,(H,18,19). The van der Waals surface area contributed by atoms with Crippen molar-refractivity contribution in [3.05, 3.63) is 29.0 Å². The van der Waals surface area contributed by atoms with E-state index < -0.39 is 5.82 Å². The van der Waals surface area contributed by atoms with Gasteiger partial charge in [-0.2, -0.15) is 0 Å². The molecule has 19 heavy (non-hydrogen) atoms. The number of carbonyl (C=O) groups excluding carboxylic acids is 1. The van der Waals surface area contributed by atoms with Crippen LogP contribution in [0.15, 0.2) is 18.2 Å². The average molecular weight is 283 g/mol. The van der Waals surface area contributed by atoms with E-state index in [1.807, 2.05) is 0 Å². The summed E-state index contributed by atoms with van der Waals surface area (Å²) in [6.07, 6.45) is 3.26. The van der Waals surface area contributed by atoms with E-state index in [1.54, 1.807) is 0 Å². The molecule has 1 aromatic carbocycles. The molecule has 5 heteroatoms. The minimum absolute atomic E-state index is 0.0574. The number of fused-ring (bicyclic) bond motifs is 2. The van der Waals surface area contributed by atoms with Crippen LogP contribution in [0.4, 0.5) is 10.1 Å². The van der Waals surface area contributed by atoms with Crippen LogP contribution in [0.1, 0.15) is 19.3 Å². The summed E-state index contributed by atoms with van der Waals surface area (Å²) in [6.45, 7) is 0. The van der Waals surface area contributed by atoms with Crippen LogP contribution in [0.5, 0.6) is 0 Å². The Morgan fingerprint density at radius 3 is 2.74 bits per heavy atom. The van der Waals surface area contributed by atoms with Gasteiger partial charge in [0.15, 0.2) is 0 Å². The van der Waals surface area contributed by atoms with Gasteiger partial charge in [0, 0.05) is 6.04 Å². The van der Waals surface area contributed by atoms with Crippen LogP contribution in [0.25, 0.3) is 0 Å². The van der Waals surface area contributed by atoms with Crippen LogP contribution in [0, 0.1) is 23.6 Å². The number of carbonyl (C=O) groups is 1. The van der Waals surface area contributed by atoms with Crippen molar-refractivity contribution in [3.8, 4) is 0 Å². The predicted molar refractivity (Wildman–Crippen MR) is 72.3 cm³/mol. The van der Waals surface area contributed by atoms with Crippen molar-refractivity contribution in [2.75, 3.05) is 5.32 Å². The van der Waals surface area contributed by atoms with Crippen LogP contribution >= 0.6 is 11.6 Å². The highest BCUT2D eigenvalue weighted by atomic mass is 35.5. The second kappa shape index (κ2) is 4.76. The summed E-state index contributed by atoms with van der Waals surface area (Å²) >= 11 is 5.91. The molecule has 102 valence electrons. The fourth-order valence-corrected chi connectivity index (χ4v) is 3.75. The van der Waals surface area contributed by atoms with Gasteiger partial charge in [-0.3, -0.25) is 4.79 Å². The Bertz CT molecular complexity index is 520. The molecule has 0 spiro atoms. The summed E-state index contributed by atoms with van der Waals surface area (Å²) in [7, 11) is 0. The fourth-order valence-electron chi connectivity index (χ4n) is 3.53. The fraction of sp³-hybridized carbons (Fsp3) is 0.500. The van der Waals surface area contributed by atoms with Crippen molar-refractivity contribution < 1.29 is 9.18 Å². The molecule has 2 fully saturated rings. The van der Waals surface area contributed by atoms with E-state index in [2.05, 4.69) is 5.32 Å². The number of benzene rings is 1. The van der Waals surface area contributed by atoms with Crippen LogP contribution in [-0.2, 0) is 4.79 Å². The lowest BCUT2D eigenvalue weighted by Gasteiger charge is -2.27. The van der Waals surface area contributed by atoms with Crippen LogP contribution < -0.4 is 11.1 Å². The number of hydrogen-bond donors (Lipinski definition) is 2. The number of anilines is 1. The molecular weight excluding hydrogens is 267 g/mol. The van der Waals surface area contributed by atoms with E-state index in [0.29, 0.717) is 17.5 Å². The lowest BCUT2D eigenvalue weighted by atomic mass is 9.84. The second-order valence-corrected chi connectivity index (χ2v) is 5.96. The lowest BCUT2D eigenvalue weighted by Crippen LogP contribution is -2.42. The minimum Gasteiger partial charge on any atom is -0.327 e. The van der Waals surface area contributed by atoms with Crippen molar-refractivity contribution in [1.82, 2.24) is 0 Å². The van der Waals surface area contributed by atoms with E-state index in [-0.39, 0.29) is 22.9 Å². The van der Waals surface area contributed by atoms with Gasteiger partial charge in [0.25, 0.3) is 0 Å². The molecule has 1 aromatic rings. The normalized spacial score (nSPS) is 32.6. The summed E-state index contributed by atoms with van der Waals surface area (Å²) in [6, 6.07) is 3.90. The van der Waals surface area contributed by atoms with Crippen molar-refractivity contribution in [1.29, 1.82) is 0 Å². The Labute approximate surface area is 116 Å². The largest absolute Gasteiger partial charge is 0.327 e. The van der Waals surface area contributed by atoms with Gasteiger partial charge in [0.1, 0.15) is 5.82 Å². The number of halogens is 2. The molecule has 0 aromatic heterocycles. The highest BCUT2D eigenvalue weighted by Crippen LogP contribution is 2.48. The topological polar surface area (TPSA) is 55.1 Å². The van der Waals surface area contributed by atoms with E-state index in [4.69, 9.17) is 17.3 Å². The highest BCUT2D eigenvalue weighted by molar-refractivity contribution is 6.33. The summed E-state index contributed by atoms with van der Waals surface area (Å²) < 4.78 is 13.0. The first-order valence-corrected chi connectivity index (χ1v) is 6.95.